The lowest BCUT2D eigenvalue weighted by molar-refractivity contribution is 0.102. The number of anilines is 2. The molecular formula is C26H24ClN5O2. The Kier molecular flexibility index (Phi) is 7.04. The predicted octanol–water partition coefficient (Wildman–Crippen LogP) is 6.40. The van der Waals surface area contributed by atoms with E-state index in [1.165, 1.54) is 0 Å². The number of rotatable bonds is 7. The molecule has 0 aliphatic rings. The first-order valence-electron chi connectivity index (χ1n) is 10.8. The van der Waals surface area contributed by atoms with E-state index in [4.69, 9.17) is 16.3 Å². The molecular weight excluding hydrogens is 450 g/mol. The molecule has 172 valence electrons. The summed E-state index contributed by atoms with van der Waals surface area (Å²) in [5.41, 5.74) is 3.45. The number of amides is 1. The summed E-state index contributed by atoms with van der Waals surface area (Å²) in [6.45, 7) is 4.17. The molecule has 0 bridgehead atoms. The van der Waals surface area contributed by atoms with Crippen LogP contribution in [0.2, 0.25) is 5.02 Å². The summed E-state index contributed by atoms with van der Waals surface area (Å²) in [5, 5.41) is 6.20. The maximum Gasteiger partial charge on any atom is 0.255 e. The van der Waals surface area contributed by atoms with Crippen molar-refractivity contribution in [1.82, 2.24) is 15.0 Å². The topological polar surface area (TPSA) is 89.0 Å². The molecule has 2 N–H and O–H groups in total. The molecule has 0 radical (unpaired) electrons. The van der Waals surface area contributed by atoms with Gasteiger partial charge in [-0.3, -0.25) is 4.79 Å². The highest BCUT2D eigenvalue weighted by atomic mass is 35.5. The number of hydrogen-bond donors (Lipinski definition) is 2. The average molecular weight is 474 g/mol. The van der Waals surface area contributed by atoms with Gasteiger partial charge in [-0.05, 0) is 53.9 Å². The molecule has 0 spiro atoms. The second kappa shape index (κ2) is 10.3. The molecule has 8 heteroatoms. The Morgan fingerprint density at radius 1 is 1.00 bits per heavy atom. The van der Waals surface area contributed by atoms with Crippen LogP contribution in [0, 0.1) is 0 Å². The van der Waals surface area contributed by atoms with Crippen molar-refractivity contribution in [3.05, 3.63) is 89.2 Å². The summed E-state index contributed by atoms with van der Waals surface area (Å²) in [6.07, 6.45) is 3.30. The molecule has 0 saturated heterocycles. The first-order valence-corrected chi connectivity index (χ1v) is 11.2. The van der Waals surface area contributed by atoms with Crippen molar-refractivity contribution in [2.24, 2.45) is 0 Å². The van der Waals surface area contributed by atoms with Crippen molar-refractivity contribution in [2.45, 2.75) is 19.8 Å². The van der Waals surface area contributed by atoms with Crippen molar-refractivity contribution in [1.29, 1.82) is 0 Å². The Labute approximate surface area is 203 Å². The van der Waals surface area contributed by atoms with Crippen molar-refractivity contribution in [2.75, 3.05) is 17.7 Å². The van der Waals surface area contributed by atoms with E-state index in [0.29, 0.717) is 51.0 Å². The number of benzene rings is 2. The third-order valence-electron chi connectivity index (χ3n) is 5.14. The third-order valence-corrected chi connectivity index (χ3v) is 5.47. The van der Waals surface area contributed by atoms with E-state index in [1.807, 2.05) is 30.3 Å². The summed E-state index contributed by atoms with van der Waals surface area (Å²) in [4.78, 5) is 25.9. The fourth-order valence-electron chi connectivity index (χ4n) is 3.31. The van der Waals surface area contributed by atoms with E-state index in [-0.39, 0.29) is 5.91 Å². The van der Waals surface area contributed by atoms with Crippen LogP contribution in [0.5, 0.6) is 11.6 Å². The summed E-state index contributed by atoms with van der Waals surface area (Å²) in [6, 6.07) is 18.1. The highest BCUT2D eigenvalue weighted by molar-refractivity contribution is 6.34. The quantitative estimate of drug-likeness (QED) is 0.322. The zero-order chi connectivity index (χ0) is 24.1. The van der Waals surface area contributed by atoms with Crippen LogP contribution in [-0.4, -0.2) is 27.9 Å². The smallest absolute Gasteiger partial charge is 0.255 e. The molecule has 4 rings (SSSR count). The van der Waals surface area contributed by atoms with Gasteiger partial charge in [0.2, 0.25) is 11.8 Å². The monoisotopic (exact) mass is 473 g/mol. The van der Waals surface area contributed by atoms with Gasteiger partial charge in [0.15, 0.2) is 0 Å². The highest BCUT2D eigenvalue weighted by Gasteiger charge is 2.14. The normalized spacial score (nSPS) is 10.7. The molecule has 0 fully saturated rings. The van der Waals surface area contributed by atoms with Crippen LogP contribution in [0.15, 0.2) is 73.1 Å². The predicted molar refractivity (Wildman–Crippen MR) is 135 cm³/mol. The minimum atomic E-state index is -0.249. The van der Waals surface area contributed by atoms with E-state index in [9.17, 15) is 4.79 Å². The van der Waals surface area contributed by atoms with E-state index in [1.54, 1.807) is 49.8 Å². The van der Waals surface area contributed by atoms with Gasteiger partial charge >= 0.3 is 0 Å². The van der Waals surface area contributed by atoms with Crippen LogP contribution >= 0.6 is 11.6 Å². The lowest BCUT2D eigenvalue weighted by Gasteiger charge is -2.13. The Morgan fingerprint density at radius 2 is 1.85 bits per heavy atom. The van der Waals surface area contributed by atoms with Gasteiger partial charge in [-0.2, -0.15) is 0 Å². The molecule has 4 aromatic rings. The molecule has 1 amide bonds. The molecule has 0 unspecified atom stereocenters. The Morgan fingerprint density at radius 3 is 2.65 bits per heavy atom. The van der Waals surface area contributed by atoms with Crippen LogP contribution < -0.4 is 15.4 Å². The maximum absolute atomic E-state index is 12.9. The molecule has 0 saturated carbocycles. The molecule has 2 aromatic carbocycles. The Hall–Kier alpha value is -3.97. The number of halogens is 1. The number of ether oxygens (including phenoxy) is 1. The minimum absolute atomic E-state index is 0.249. The van der Waals surface area contributed by atoms with Gasteiger partial charge in [0.05, 0.1) is 22.0 Å². The number of pyridine rings is 1. The van der Waals surface area contributed by atoms with E-state index < -0.39 is 0 Å². The van der Waals surface area contributed by atoms with Gasteiger partial charge in [-0.15, -0.1) is 0 Å². The Balaban J connectivity index is 1.59. The number of aromatic nitrogens is 3. The number of hydrogen-bond acceptors (Lipinski definition) is 6. The highest BCUT2D eigenvalue weighted by Crippen LogP contribution is 2.34. The van der Waals surface area contributed by atoms with E-state index >= 15 is 0 Å². The van der Waals surface area contributed by atoms with Crippen LogP contribution in [-0.2, 0) is 0 Å². The average Bonchev–Trinajstić information content (AvgIpc) is 2.86. The van der Waals surface area contributed by atoms with Crippen LogP contribution in [0.4, 0.5) is 11.6 Å². The van der Waals surface area contributed by atoms with Crippen LogP contribution in [0.3, 0.4) is 0 Å². The zero-order valence-electron chi connectivity index (χ0n) is 19.0. The summed E-state index contributed by atoms with van der Waals surface area (Å²) >= 11 is 6.36. The number of carbonyl (C=O) groups excluding carboxylic acids is 1. The molecule has 0 aliphatic carbocycles. The van der Waals surface area contributed by atoms with Gasteiger partial charge < -0.3 is 15.4 Å². The number of nitrogens with zero attached hydrogens (tertiary/aromatic N) is 3. The largest absolute Gasteiger partial charge is 0.438 e. The standard InChI is InChI=1S/C26H24ClN5O2/c1-16(2)17-6-4-7-18(14-17)24(33)31-23-15-19(9-10-21(23)27)34-25-20(8-5-12-29-25)22-11-13-30-26(28-3)32-22/h4-16H,1-3H3,(H,31,33)(H,28,30,32). The fourth-order valence-corrected chi connectivity index (χ4v) is 3.47. The van der Waals surface area contributed by atoms with Gasteiger partial charge in [-0.25, -0.2) is 15.0 Å². The summed E-state index contributed by atoms with van der Waals surface area (Å²) < 4.78 is 6.07. The fraction of sp³-hybridized carbons (Fsp3) is 0.154. The number of carbonyl (C=O) groups is 1. The second-order valence-corrected chi connectivity index (χ2v) is 8.26. The molecule has 0 aliphatic heterocycles. The van der Waals surface area contributed by atoms with Gasteiger partial charge in [0.25, 0.3) is 5.91 Å². The lowest BCUT2D eigenvalue weighted by Crippen LogP contribution is -2.12. The lowest BCUT2D eigenvalue weighted by atomic mass is 10.0. The van der Waals surface area contributed by atoms with Gasteiger partial charge in [0.1, 0.15) is 5.75 Å². The second-order valence-electron chi connectivity index (χ2n) is 7.85. The van der Waals surface area contributed by atoms with Crippen molar-refractivity contribution < 1.29 is 9.53 Å². The first kappa shape index (κ1) is 23.2. The zero-order valence-corrected chi connectivity index (χ0v) is 19.8. The molecule has 2 heterocycles. The van der Waals surface area contributed by atoms with Crippen LogP contribution in [0.1, 0.15) is 35.7 Å². The minimum Gasteiger partial charge on any atom is -0.438 e. The Bertz CT molecular complexity index is 1330. The van der Waals surface area contributed by atoms with Gasteiger partial charge in [-0.1, -0.05) is 37.6 Å². The van der Waals surface area contributed by atoms with Crippen molar-refractivity contribution in [3.63, 3.8) is 0 Å². The van der Waals surface area contributed by atoms with E-state index in [0.717, 1.165) is 5.56 Å². The summed E-state index contributed by atoms with van der Waals surface area (Å²) in [7, 11) is 1.75. The molecule has 2 aromatic heterocycles. The van der Waals surface area contributed by atoms with Crippen LogP contribution in [0.25, 0.3) is 11.3 Å². The maximum atomic E-state index is 12.9. The van der Waals surface area contributed by atoms with E-state index in [2.05, 4.69) is 39.4 Å². The molecule has 0 atom stereocenters. The van der Waals surface area contributed by atoms with Crippen molar-refractivity contribution >= 4 is 29.1 Å². The first-order chi connectivity index (χ1) is 16.4. The SMILES string of the molecule is CNc1nccc(-c2cccnc2Oc2ccc(Cl)c(NC(=O)c3cccc(C(C)C)c3)c2)n1. The molecule has 7 nitrogen and oxygen atoms in total. The molecule has 34 heavy (non-hydrogen) atoms. The number of nitrogens with one attached hydrogen (secondary N) is 2. The summed E-state index contributed by atoms with van der Waals surface area (Å²) in [5.74, 6) is 1.40. The van der Waals surface area contributed by atoms with Gasteiger partial charge in [0, 0.05) is 31.1 Å². The third kappa shape index (κ3) is 5.32. The van der Waals surface area contributed by atoms with Crippen molar-refractivity contribution in [3.8, 4) is 22.9 Å².